The lowest BCUT2D eigenvalue weighted by Gasteiger charge is -2.26. The number of allylic oxidation sites excluding steroid dienone is 2. The Balaban J connectivity index is 1.51. The van der Waals surface area contributed by atoms with Crippen LogP contribution < -0.4 is 14.4 Å². The molecule has 5 heteroatoms. The van der Waals surface area contributed by atoms with Crippen molar-refractivity contribution in [1.29, 1.82) is 0 Å². The first-order chi connectivity index (χ1) is 21.5. The van der Waals surface area contributed by atoms with Crippen LogP contribution in [0.3, 0.4) is 0 Å². The highest BCUT2D eigenvalue weighted by atomic mass is 16.5. The van der Waals surface area contributed by atoms with Crippen LogP contribution in [0.1, 0.15) is 37.4 Å². The van der Waals surface area contributed by atoms with Crippen LogP contribution in [-0.2, 0) is 6.54 Å². The normalized spacial score (nSPS) is 11.0. The zero-order valence-electron chi connectivity index (χ0n) is 24.7. The van der Waals surface area contributed by atoms with Crippen LogP contribution in [0.15, 0.2) is 140 Å². The van der Waals surface area contributed by atoms with E-state index in [9.17, 15) is 9.59 Å². The minimum Gasteiger partial charge on any atom is -0.497 e. The third-order valence-electron chi connectivity index (χ3n) is 7.21. The number of benzene rings is 5. The standard InChI is InChI=1S/C39H33NO4/c1-43-36-21-14-31(15-22-36)38(41)25-18-30-13-20-35(27-33(30)19-26-39(42)32-16-23-37(44-2)24-17-32)40(34-11-7-4-8-12-34)28-29-9-5-3-6-10-29/h3-27H,28H2,1-2H3/b25-18+,26-19+. The zero-order chi connectivity index (χ0) is 30.7. The van der Waals surface area contributed by atoms with Crippen molar-refractivity contribution in [2.24, 2.45) is 0 Å². The molecule has 0 saturated heterocycles. The Morgan fingerprint density at radius 3 is 1.59 bits per heavy atom. The Kier molecular flexibility index (Phi) is 9.80. The SMILES string of the molecule is COc1ccc(C(=O)/C=C/c2ccc(N(Cc3ccccc3)c3ccccc3)cc2/C=C/C(=O)c2ccc(OC)cc2)cc1. The van der Waals surface area contributed by atoms with E-state index in [1.807, 2.05) is 54.6 Å². The second kappa shape index (κ2) is 14.5. The molecule has 5 rings (SSSR count). The van der Waals surface area contributed by atoms with Crippen molar-refractivity contribution in [3.05, 3.63) is 167 Å². The van der Waals surface area contributed by atoms with Crippen molar-refractivity contribution >= 4 is 35.1 Å². The van der Waals surface area contributed by atoms with Crippen molar-refractivity contribution in [1.82, 2.24) is 0 Å². The van der Waals surface area contributed by atoms with Gasteiger partial charge in [0.25, 0.3) is 0 Å². The third kappa shape index (κ3) is 7.58. The molecule has 5 aromatic rings. The Morgan fingerprint density at radius 2 is 1.07 bits per heavy atom. The van der Waals surface area contributed by atoms with Crippen LogP contribution in [0.25, 0.3) is 12.2 Å². The third-order valence-corrected chi connectivity index (χ3v) is 7.21. The first kappa shape index (κ1) is 29.8. The number of ketones is 2. The van der Waals surface area contributed by atoms with Crippen LogP contribution in [0.4, 0.5) is 11.4 Å². The minimum absolute atomic E-state index is 0.129. The van der Waals surface area contributed by atoms with Crippen molar-refractivity contribution in [3.8, 4) is 11.5 Å². The molecule has 0 radical (unpaired) electrons. The fraction of sp³-hybridized carbons (Fsp3) is 0.0769. The molecule has 218 valence electrons. The molecule has 0 amide bonds. The van der Waals surface area contributed by atoms with Gasteiger partial charge in [0, 0.05) is 29.0 Å². The van der Waals surface area contributed by atoms with Gasteiger partial charge in [-0.3, -0.25) is 9.59 Å². The summed E-state index contributed by atoms with van der Waals surface area (Å²) in [6, 6.07) is 40.6. The lowest BCUT2D eigenvalue weighted by molar-refractivity contribution is 0.103. The lowest BCUT2D eigenvalue weighted by Crippen LogP contribution is -2.16. The van der Waals surface area contributed by atoms with E-state index in [2.05, 4.69) is 29.2 Å². The average molecular weight is 580 g/mol. The van der Waals surface area contributed by atoms with E-state index >= 15 is 0 Å². The molecule has 0 aliphatic rings. The molecule has 0 N–H and O–H groups in total. The Labute approximate surface area is 258 Å². The fourth-order valence-corrected chi connectivity index (χ4v) is 4.77. The first-order valence-electron chi connectivity index (χ1n) is 14.3. The van der Waals surface area contributed by atoms with Crippen molar-refractivity contribution < 1.29 is 19.1 Å². The van der Waals surface area contributed by atoms with Gasteiger partial charge in [0.2, 0.25) is 0 Å². The zero-order valence-corrected chi connectivity index (χ0v) is 24.7. The number of hydrogen-bond donors (Lipinski definition) is 0. The van der Waals surface area contributed by atoms with Crippen LogP contribution in [0.5, 0.6) is 11.5 Å². The highest BCUT2D eigenvalue weighted by Crippen LogP contribution is 2.30. The maximum atomic E-state index is 13.1. The van der Waals surface area contributed by atoms with Gasteiger partial charge in [-0.15, -0.1) is 0 Å². The second-order valence-electron chi connectivity index (χ2n) is 10.1. The molecule has 0 spiro atoms. The molecular weight excluding hydrogens is 546 g/mol. The Bertz CT molecular complexity index is 1760. The maximum absolute atomic E-state index is 13.1. The van der Waals surface area contributed by atoms with E-state index < -0.39 is 0 Å². The largest absolute Gasteiger partial charge is 0.497 e. The molecule has 0 atom stereocenters. The summed E-state index contributed by atoms with van der Waals surface area (Å²) in [4.78, 5) is 28.3. The van der Waals surface area contributed by atoms with Crippen LogP contribution in [0, 0.1) is 0 Å². The number of nitrogens with zero attached hydrogens (tertiary/aromatic N) is 1. The van der Waals surface area contributed by atoms with Gasteiger partial charge in [-0.1, -0.05) is 66.7 Å². The summed E-state index contributed by atoms with van der Waals surface area (Å²) in [5, 5.41) is 0. The predicted octanol–water partition coefficient (Wildman–Crippen LogP) is 8.83. The monoisotopic (exact) mass is 579 g/mol. The minimum atomic E-state index is -0.133. The Hall–Kier alpha value is -5.68. The van der Waals surface area contributed by atoms with Gasteiger partial charge >= 0.3 is 0 Å². The molecule has 44 heavy (non-hydrogen) atoms. The van der Waals surface area contributed by atoms with Crippen molar-refractivity contribution in [2.75, 3.05) is 19.1 Å². The van der Waals surface area contributed by atoms with Crippen LogP contribution in [0.2, 0.25) is 0 Å². The highest BCUT2D eigenvalue weighted by molar-refractivity contribution is 6.08. The number of methoxy groups -OCH3 is 2. The number of hydrogen-bond acceptors (Lipinski definition) is 5. The van der Waals surface area contributed by atoms with Gasteiger partial charge in [-0.2, -0.15) is 0 Å². The first-order valence-corrected chi connectivity index (χ1v) is 14.3. The van der Waals surface area contributed by atoms with Crippen molar-refractivity contribution in [3.63, 3.8) is 0 Å². The number of anilines is 2. The molecule has 0 bridgehead atoms. The molecule has 0 fully saturated rings. The van der Waals surface area contributed by atoms with Gasteiger partial charge in [0.05, 0.1) is 14.2 Å². The molecule has 0 unspecified atom stereocenters. The number of rotatable bonds is 12. The Morgan fingerprint density at radius 1 is 0.568 bits per heavy atom. The van der Waals surface area contributed by atoms with Crippen molar-refractivity contribution in [2.45, 2.75) is 6.54 Å². The summed E-state index contributed by atoms with van der Waals surface area (Å²) < 4.78 is 10.4. The lowest BCUT2D eigenvalue weighted by atomic mass is 10.0. The van der Waals surface area contributed by atoms with E-state index in [1.54, 1.807) is 87.1 Å². The summed E-state index contributed by atoms with van der Waals surface area (Å²) in [6.45, 7) is 0.657. The number of para-hydroxylation sites is 1. The molecule has 0 aromatic heterocycles. The van der Waals surface area contributed by atoms with E-state index in [0.29, 0.717) is 29.2 Å². The van der Waals surface area contributed by atoms with Crippen LogP contribution >= 0.6 is 0 Å². The molecule has 5 aromatic carbocycles. The maximum Gasteiger partial charge on any atom is 0.185 e. The molecule has 0 aliphatic heterocycles. The highest BCUT2D eigenvalue weighted by Gasteiger charge is 2.13. The molecule has 0 aliphatic carbocycles. The molecule has 0 heterocycles. The van der Waals surface area contributed by atoms with Gasteiger partial charge in [0.1, 0.15) is 11.5 Å². The van der Waals surface area contributed by atoms with Gasteiger partial charge < -0.3 is 14.4 Å². The van der Waals surface area contributed by atoms with E-state index in [1.165, 1.54) is 0 Å². The molecule has 5 nitrogen and oxygen atoms in total. The van der Waals surface area contributed by atoms with Gasteiger partial charge in [-0.25, -0.2) is 0 Å². The number of carbonyl (C=O) groups is 2. The summed E-state index contributed by atoms with van der Waals surface area (Å²) >= 11 is 0. The quantitative estimate of drug-likeness (QED) is 0.109. The van der Waals surface area contributed by atoms with E-state index in [-0.39, 0.29) is 11.6 Å². The van der Waals surface area contributed by atoms with Gasteiger partial charge in [0.15, 0.2) is 11.6 Å². The van der Waals surface area contributed by atoms with E-state index in [4.69, 9.17) is 9.47 Å². The van der Waals surface area contributed by atoms with Crippen LogP contribution in [-0.4, -0.2) is 25.8 Å². The van der Waals surface area contributed by atoms with E-state index in [0.717, 1.165) is 28.1 Å². The molecular formula is C39H33NO4. The average Bonchev–Trinajstić information content (AvgIpc) is 3.09. The number of carbonyl (C=O) groups excluding carboxylic acids is 2. The number of ether oxygens (including phenoxy) is 2. The summed E-state index contributed by atoms with van der Waals surface area (Å²) in [5.41, 5.74) is 5.88. The molecule has 0 saturated carbocycles. The predicted molar refractivity (Wildman–Crippen MR) is 178 cm³/mol. The summed E-state index contributed by atoms with van der Waals surface area (Å²) in [7, 11) is 3.18. The van der Waals surface area contributed by atoms with Gasteiger partial charge in [-0.05, 0) is 102 Å². The fourth-order valence-electron chi connectivity index (χ4n) is 4.77. The smallest absolute Gasteiger partial charge is 0.185 e. The second-order valence-corrected chi connectivity index (χ2v) is 10.1. The summed E-state index contributed by atoms with van der Waals surface area (Å²) in [5.74, 6) is 1.11. The topological polar surface area (TPSA) is 55.8 Å². The summed E-state index contributed by atoms with van der Waals surface area (Å²) in [6.07, 6.45) is 6.71.